The number of nitrogens with one attached hydrogen (secondary N) is 2. The molecule has 0 aliphatic carbocycles. The number of rotatable bonds is 7. The molecular formula is C21H19FN2O2. The summed E-state index contributed by atoms with van der Waals surface area (Å²) in [5.41, 5.74) is 1.82. The molecule has 3 rings (SSSR count). The Morgan fingerprint density at radius 1 is 0.846 bits per heavy atom. The van der Waals surface area contributed by atoms with Crippen molar-refractivity contribution in [3.63, 3.8) is 0 Å². The Bertz CT molecular complexity index is 851. The molecule has 4 nitrogen and oxygen atoms in total. The van der Waals surface area contributed by atoms with Crippen LogP contribution < -0.4 is 15.4 Å². The SMILES string of the molecule is O=C(CCOc1ccccc1)Nc1ccc(Nc2ccccc2F)cc1. The van der Waals surface area contributed by atoms with Gasteiger partial charge >= 0.3 is 0 Å². The topological polar surface area (TPSA) is 50.4 Å². The number of ether oxygens (including phenoxy) is 1. The first-order chi connectivity index (χ1) is 12.7. The van der Waals surface area contributed by atoms with Crippen LogP contribution in [0.2, 0.25) is 0 Å². The highest BCUT2D eigenvalue weighted by Crippen LogP contribution is 2.21. The van der Waals surface area contributed by atoms with Crippen LogP contribution in [0.25, 0.3) is 0 Å². The van der Waals surface area contributed by atoms with Gasteiger partial charge in [-0.3, -0.25) is 4.79 Å². The normalized spacial score (nSPS) is 10.2. The van der Waals surface area contributed by atoms with Crippen LogP contribution in [0.4, 0.5) is 21.5 Å². The molecule has 0 saturated carbocycles. The summed E-state index contributed by atoms with van der Waals surface area (Å²) in [5.74, 6) is 0.294. The van der Waals surface area contributed by atoms with Gasteiger partial charge in [-0.2, -0.15) is 0 Å². The van der Waals surface area contributed by atoms with Crippen LogP contribution in [0.1, 0.15) is 6.42 Å². The van der Waals surface area contributed by atoms with Crippen LogP contribution in [0.15, 0.2) is 78.9 Å². The summed E-state index contributed by atoms with van der Waals surface area (Å²) in [6.07, 6.45) is 0.254. The van der Waals surface area contributed by atoms with Crippen LogP contribution in [0, 0.1) is 5.82 Å². The summed E-state index contributed by atoms with van der Waals surface area (Å²) < 4.78 is 19.1. The van der Waals surface area contributed by atoms with Crippen molar-refractivity contribution in [3.8, 4) is 5.75 Å². The molecule has 1 amide bonds. The predicted octanol–water partition coefficient (Wildman–Crippen LogP) is 4.98. The first-order valence-electron chi connectivity index (χ1n) is 8.30. The van der Waals surface area contributed by atoms with Gasteiger partial charge in [-0.05, 0) is 48.5 Å². The van der Waals surface area contributed by atoms with Gasteiger partial charge in [0.15, 0.2) is 0 Å². The number of halogens is 1. The number of hydrogen-bond acceptors (Lipinski definition) is 3. The molecule has 0 heterocycles. The van der Waals surface area contributed by atoms with Crippen LogP contribution in [0.3, 0.4) is 0 Å². The standard InChI is InChI=1S/C21H19FN2O2/c22-19-8-4-5-9-20(19)23-16-10-12-17(13-11-16)24-21(25)14-15-26-18-6-2-1-3-7-18/h1-13,23H,14-15H2,(H,24,25). The molecule has 0 saturated heterocycles. The summed E-state index contributed by atoms with van der Waals surface area (Å²) in [7, 11) is 0. The van der Waals surface area contributed by atoms with Crippen molar-refractivity contribution in [2.75, 3.05) is 17.2 Å². The molecule has 0 radical (unpaired) electrons. The fourth-order valence-corrected chi connectivity index (χ4v) is 2.36. The molecule has 0 aliphatic rings. The highest BCUT2D eigenvalue weighted by molar-refractivity contribution is 5.91. The Kier molecular flexibility index (Phi) is 5.83. The van der Waals surface area contributed by atoms with E-state index in [-0.39, 0.29) is 18.1 Å². The predicted molar refractivity (Wildman–Crippen MR) is 101 cm³/mol. The molecule has 2 N–H and O–H groups in total. The lowest BCUT2D eigenvalue weighted by molar-refractivity contribution is -0.116. The highest BCUT2D eigenvalue weighted by Gasteiger charge is 2.04. The fourth-order valence-electron chi connectivity index (χ4n) is 2.36. The quantitative estimate of drug-likeness (QED) is 0.632. The zero-order valence-corrected chi connectivity index (χ0v) is 14.1. The lowest BCUT2D eigenvalue weighted by Gasteiger charge is -2.10. The van der Waals surface area contributed by atoms with Gasteiger partial charge in [-0.15, -0.1) is 0 Å². The van der Waals surface area contributed by atoms with Gasteiger partial charge in [0, 0.05) is 11.4 Å². The zero-order chi connectivity index (χ0) is 18.2. The van der Waals surface area contributed by atoms with Gasteiger partial charge in [0.25, 0.3) is 0 Å². The molecule has 0 aliphatic heterocycles. The molecule has 0 fully saturated rings. The van der Waals surface area contributed by atoms with Crippen molar-refractivity contribution in [2.45, 2.75) is 6.42 Å². The molecule has 0 atom stereocenters. The summed E-state index contributed by atoms with van der Waals surface area (Å²) in [6.45, 7) is 0.308. The minimum absolute atomic E-state index is 0.129. The van der Waals surface area contributed by atoms with E-state index >= 15 is 0 Å². The molecule has 0 unspecified atom stereocenters. The van der Waals surface area contributed by atoms with E-state index in [0.717, 1.165) is 11.4 Å². The number of hydrogen-bond donors (Lipinski definition) is 2. The van der Waals surface area contributed by atoms with Gasteiger partial charge < -0.3 is 15.4 Å². The Labute approximate surface area is 151 Å². The minimum atomic E-state index is -0.316. The highest BCUT2D eigenvalue weighted by atomic mass is 19.1. The van der Waals surface area contributed by atoms with Crippen molar-refractivity contribution < 1.29 is 13.9 Å². The average Bonchev–Trinajstić information content (AvgIpc) is 2.66. The van der Waals surface area contributed by atoms with Crippen LogP contribution in [-0.4, -0.2) is 12.5 Å². The van der Waals surface area contributed by atoms with Gasteiger partial charge in [0.1, 0.15) is 11.6 Å². The van der Waals surface area contributed by atoms with Crippen LogP contribution in [0.5, 0.6) is 5.75 Å². The Morgan fingerprint density at radius 2 is 1.50 bits per heavy atom. The third-order valence-electron chi connectivity index (χ3n) is 3.66. The van der Waals surface area contributed by atoms with Crippen LogP contribution >= 0.6 is 0 Å². The Morgan fingerprint density at radius 3 is 2.23 bits per heavy atom. The third-order valence-corrected chi connectivity index (χ3v) is 3.66. The average molecular weight is 350 g/mol. The molecular weight excluding hydrogens is 331 g/mol. The number of benzene rings is 3. The van der Waals surface area contributed by atoms with Crippen molar-refractivity contribution in [1.29, 1.82) is 0 Å². The summed E-state index contributed by atoms with van der Waals surface area (Å²) >= 11 is 0. The van der Waals surface area contributed by atoms with Gasteiger partial charge in [-0.25, -0.2) is 4.39 Å². The molecule has 0 spiro atoms. The molecule has 3 aromatic rings. The van der Waals surface area contributed by atoms with E-state index in [2.05, 4.69) is 10.6 Å². The van der Waals surface area contributed by atoms with Crippen molar-refractivity contribution in [1.82, 2.24) is 0 Å². The second-order valence-corrected chi connectivity index (χ2v) is 5.64. The van der Waals surface area contributed by atoms with Crippen molar-refractivity contribution in [3.05, 3.63) is 84.7 Å². The maximum Gasteiger partial charge on any atom is 0.227 e. The maximum absolute atomic E-state index is 13.6. The Hall–Kier alpha value is -3.34. The number of amides is 1. The van der Waals surface area contributed by atoms with Crippen molar-refractivity contribution >= 4 is 23.0 Å². The summed E-state index contributed by atoms with van der Waals surface area (Å²) in [5, 5.41) is 5.81. The van der Waals surface area contributed by atoms with Gasteiger partial charge in [0.2, 0.25) is 5.91 Å². The van der Waals surface area contributed by atoms with E-state index in [1.54, 1.807) is 42.5 Å². The van der Waals surface area contributed by atoms with Gasteiger partial charge in [0.05, 0.1) is 18.7 Å². The number of carbonyl (C=O) groups is 1. The maximum atomic E-state index is 13.6. The number of para-hydroxylation sites is 2. The molecule has 3 aromatic carbocycles. The van der Waals surface area contributed by atoms with Crippen molar-refractivity contribution in [2.24, 2.45) is 0 Å². The molecule has 0 aromatic heterocycles. The van der Waals surface area contributed by atoms with E-state index in [1.807, 2.05) is 30.3 Å². The third kappa shape index (κ3) is 5.08. The van der Waals surface area contributed by atoms with E-state index in [0.29, 0.717) is 18.0 Å². The lowest BCUT2D eigenvalue weighted by atomic mass is 10.2. The number of anilines is 3. The molecule has 26 heavy (non-hydrogen) atoms. The van der Waals surface area contributed by atoms with E-state index in [4.69, 9.17) is 4.74 Å². The zero-order valence-electron chi connectivity index (χ0n) is 14.1. The van der Waals surface area contributed by atoms with Crippen LogP contribution in [-0.2, 0) is 4.79 Å². The lowest BCUT2D eigenvalue weighted by Crippen LogP contribution is -2.15. The van der Waals surface area contributed by atoms with E-state index in [9.17, 15) is 9.18 Å². The van der Waals surface area contributed by atoms with E-state index < -0.39 is 0 Å². The molecule has 5 heteroatoms. The monoisotopic (exact) mass is 350 g/mol. The largest absolute Gasteiger partial charge is 0.493 e. The smallest absolute Gasteiger partial charge is 0.227 e. The second kappa shape index (κ2) is 8.67. The fraction of sp³-hybridized carbons (Fsp3) is 0.0952. The first kappa shape index (κ1) is 17.5. The van der Waals surface area contributed by atoms with E-state index in [1.165, 1.54) is 6.07 Å². The number of carbonyl (C=O) groups excluding carboxylic acids is 1. The first-order valence-corrected chi connectivity index (χ1v) is 8.30. The molecule has 0 bridgehead atoms. The minimum Gasteiger partial charge on any atom is -0.493 e. The Balaban J connectivity index is 1.47. The van der Waals surface area contributed by atoms with Gasteiger partial charge in [-0.1, -0.05) is 30.3 Å². The molecule has 132 valence electrons. The summed E-state index contributed by atoms with van der Waals surface area (Å²) in [4.78, 5) is 12.0. The summed E-state index contributed by atoms with van der Waals surface area (Å²) in [6, 6.07) is 22.9. The second-order valence-electron chi connectivity index (χ2n) is 5.64.